The lowest BCUT2D eigenvalue weighted by Gasteiger charge is -2.03. The van der Waals surface area contributed by atoms with Gasteiger partial charge >= 0.3 is 0 Å². The second kappa shape index (κ2) is 3.91. The molecule has 0 N–H and O–H groups in total. The third-order valence-electron chi connectivity index (χ3n) is 2.16. The molecule has 2 aromatic rings. The van der Waals surface area contributed by atoms with E-state index in [1.54, 1.807) is 12.1 Å². The van der Waals surface area contributed by atoms with E-state index in [1.165, 1.54) is 17.8 Å². The van der Waals surface area contributed by atoms with Crippen LogP contribution in [0, 0.1) is 6.92 Å². The summed E-state index contributed by atoms with van der Waals surface area (Å²) < 4.78 is 5.58. The monoisotopic (exact) mass is 240 g/mol. The summed E-state index contributed by atoms with van der Waals surface area (Å²) in [6.45, 7) is 1.88. The zero-order valence-electron chi connectivity index (χ0n) is 8.33. The molecule has 0 amide bonds. The van der Waals surface area contributed by atoms with E-state index in [2.05, 4.69) is 0 Å². The standard InChI is InChI=1S/C11H9ClO2S/c1-6-3-7(12)4-8-9(13)5-10(15-2)14-11(6)8/h3-5H,1-2H3. The first-order valence-corrected chi connectivity index (χ1v) is 6.00. The highest BCUT2D eigenvalue weighted by molar-refractivity contribution is 7.98. The topological polar surface area (TPSA) is 30.2 Å². The number of hydrogen-bond acceptors (Lipinski definition) is 3. The molecule has 0 saturated carbocycles. The van der Waals surface area contributed by atoms with Gasteiger partial charge in [0.25, 0.3) is 0 Å². The average molecular weight is 241 g/mol. The van der Waals surface area contributed by atoms with E-state index < -0.39 is 0 Å². The molecule has 0 atom stereocenters. The van der Waals surface area contributed by atoms with Gasteiger partial charge in [0.15, 0.2) is 10.5 Å². The Kier molecular flexibility index (Phi) is 2.76. The van der Waals surface area contributed by atoms with E-state index in [0.717, 1.165) is 5.56 Å². The average Bonchev–Trinajstić information content (AvgIpc) is 2.19. The molecule has 0 fully saturated rings. The van der Waals surface area contributed by atoms with Crippen molar-refractivity contribution in [3.8, 4) is 0 Å². The van der Waals surface area contributed by atoms with Crippen LogP contribution in [0.15, 0.2) is 32.5 Å². The fourth-order valence-electron chi connectivity index (χ4n) is 1.46. The van der Waals surface area contributed by atoms with Crippen LogP contribution in [0.4, 0.5) is 0 Å². The Bertz CT molecular complexity index is 575. The predicted octanol–water partition coefficient (Wildman–Crippen LogP) is 3.48. The van der Waals surface area contributed by atoms with Gasteiger partial charge in [0.2, 0.25) is 0 Å². The summed E-state index contributed by atoms with van der Waals surface area (Å²) in [4.78, 5) is 11.7. The van der Waals surface area contributed by atoms with Gasteiger partial charge in [0.05, 0.1) is 5.39 Å². The fourth-order valence-corrected chi connectivity index (χ4v) is 2.13. The summed E-state index contributed by atoms with van der Waals surface area (Å²) in [6.07, 6.45) is 1.87. The van der Waals surface area contributed by atoms with Crippen LogP contribution in [0.25, 0.3) is 11.0 Å². The molecule has 0 aliphatic carbocycles. The normalized spacial score (nSPS) is 10.9. The minimum absolute atomic E-state index is 0.0498. The van der Waals surface area contributed by atoms with Gasteiger partial charge < -0.3 is 4.42 Å². The lowest BCUT2D eigenvalue weighted by Crippen LogP contribution is -2.00. The van der Waals surface area contributed by atoms with Crippen LogP contribution in [0.2, 0.25) is 5.02 Å². The van der Waals surface area contributed by atoms with Crippen molar-refractivity contribution in [2.45, 2.75) is 12.0 Å². The predicted molar refractivity (Wildman–Crippen MR) is 64.0 cm³/mol. The van der Waals surface area contributed by atoms with Crippen LogP contribution in [0.1, 0.15) is 5.56 Å². The highest BCUT2D eigenvalue weighted by atomic mass is 35.5. The van der Waals surface area contributed by atoms with Crippen molar-refractivity contribution >= 4 is 34.3 Å². The van der Waals surface area contributed by atoms with Crippen molar-refractivity contribution in [1.29, 1.82) is 0 Å². The zero-order valence-corrected chi connectivity index (χ0v) is 9.91. The molecule has 2 rings (SSSR count). The number of thioether (sulfide) groups is 1. The largest absolute Gasteiger partial charge is 0.449 e. The smallest absolute Gasteiger partial charge is 0.193 e. The third-order valence-corrected chi connectivity index (χ3v) is 2.98. The van der Waals surface area contributed by atoms with Gasteiger partial charge in [-0.25, -0.2) is 0 Å². The molecular weight excluding hydrogens is 232 g/mol. The van der Waals surface area contributed by atoms with E-state index >= 15 is 0 Å². The first-order valence-electron chi connectivity index (χ1n) is 4.40. The van der Waals surface area contributed by atoms with Gasteiger partial charge in [-0.1, -0.05) is 23.4 Å². The van der Waals surface area contributed by atoms with Crippen LogP contribution >= 0.6 is 23.4 Å². The maximum absolute atomic E-state index is 11.7. The number of halogens is 1. The minimum atomic E-state index is -0.0498. The Hall–Kier alpha value is -0.930. The molecular formula is C11H9ClO2S. The number of aryl methyl sites for hydroxylation is 1. The second-order valence-electron chi connectivity index (χ2n) is 3.23. The SMILES string of the molecule is CSc1cc(=O)c2cc(Cl)cc(C)c2o1. The van der Waals surface area contributed by atoms with Crippen molar-refractivity contribution in [2.24, 2.45) is 0 Å². The molecule has 0 aliphatic rings. The molecule has 0 unspecified atom stereocenters. The summed E-state index contributed by atoms with van der Waals surface area (Å²) in [5, 5.41) is 1.72. The van der Waals surface area contributed by atoms with Crippen LogP contribution in [-0.4, -0.2) is 6.26 Å². The van der Waals surface area contributed by atoms with Gasteiger partial charge in [-0.3, -0.25) is 4.79 Å². The minimum Gasteiger partial charge on any atom is -0.449 e. The molecule has 0 radical (unpaired) electrons. The molecule has 1 aromatic carbocycles. The molecule has 0 spiro atoms. The Balaban J connectivity index is 2.91. The van der Waals surface area contributed by atoms with Crippen LogP contribution in [0.5, 0.6) is 0 Å². The Morgan fingerprint density at radius 2 is 2.07 bits per heavy atom. The Morgan fingerprint density at radius 3 is 2.73 bits per heavy atom. The number of benzene rings is 1. The van der Waals surface area contributed by atoms with E-state index in [1.807, 2.05) is 13.2 Å². The molecule has 4 heteroatoms. The number of hydrogen-bond donors (Lipinski definition) is 0. The summed E-state index contributed by atoms with van der Waals surface area (Å²) in [7, 11) is 0. The number of fused-ring (bicyclic) bond motifs is 1. The van der Waals surface area contributed by atoms with E-state index in [-0.39, 0.29) is 5.43 Å². The lowest BCUT2D eigenvalue weighted by molar-refractivity contribution is 0.498. The highest BCUT2D eigenvalue weighted by Crippen LogP contribution is 2.24. The molecule has 15 heavy (non-hydrogen) atoms. The Morgan fingerprint density at radius 1 is 1.33 bits per heavy atom. The maximum atomic E-state index is 11.7. The molecule has 0 saturated heterocycles. The van der Waals surface area contributed by atoms with Gasteiger partial charge in [0.1, 0.15) is 5.58 Å². The molecule has 0 bridgehead atoms. The second-order valence-corrected chi connectivity index (χ2v) is 4.48. The summed E-state index contributed by atoms with van der Waals surface area (Å²) in [5.41, 5.74) is 1.45. The van der Waals surface area contributed by atoms with E-state index in [9.17, 15) is 4.79 Å². The van der Waals surface area contributed by atoms with E-state index in [4.69, 9.17) is 16.0 Å². The molecule has 78 valence electrons. The zero-order chi connectivity index (χ0) is 11.0. The van der Waals surface area contributed by atoms with Crippen LogP contribution < -0.4 is 5.43 Å². The number of rotatable bonds is 1. The van der Waals surface area contributed by atoms with Gasteiger partial charge in [-0.05, 0) is 30.9 Å². The van der Waals surface area contributed by atoms with Crippen LogP contribution in [-0.2, 0) is 0 Å². The third kappa shape index (κ3) is 1.90. The van der Waals surface area contributed by atoms with Crippen LogP contribution in [0.3, 0.4) is 0 Å². The molecule has 1 heterocycles. The summed E-state index contributed by atoms with van der Waals surface area (Å²) >= 11 is 7.29. The first-order chi connectivity index (χ1) is 7.11. The maximum Gasteiger partial charge on any atom is 0.193 e. The quantitative estimate of drug-likeness (QED) is 0.715. The van der Waals surface area contributed by atoms with Gasteiger partial charge in [-0.15, -0.1) is 0 Å². The molecule has 2 nitrogen and oxygen atoms in total. The van der Waals surface area contributed by atoms with E-state index in [0.29, 0.717) is 21.1 Å². The molecule has 1 aromatic heterocycles. The highest BCUT2D eigenvalue weighted by Gasteiger charge is 2.07. The summed E-state index contributed by atoms with van der Waals surface area (Å²) in [5.74, 6) is 0. The van der Waals surface area contributed by atoms with Crippen molar-refractivity contribution < 1.29 is 4.42 Å². The summed E-state index contributed by atoms with van der Waals surface area (Å²) in [6, 6.07) is 4.92. The van der Waals surface area contributed by atoms with Crippen molar-refractivity contribution in [3.05, 3.63) is 39.0 Å². The van der Waals surface area contributed by atoms with Crippen molar-refractivity contribution in [1.82, 2.24) is 0 Å². The van der Waals surface area contributed by atoms with Crippen molar-refractivity contribution in [3.63, 3.8) is 0 Å². The van der Waals surface area contributed by atoms with Gasteiger partial charge in [0, 0.05) is 11.1 Å². The fraction of sp³-hybridized carbons (Fsp3) is 0.182. The molecule has 0 aliphatic heterocycles. The van der Waals surface area contributed by atoms with Gasteiger partial charge in [-0.2, -0.15) is 0 Å². The lowest BCUT2D eigenvalue weighted by atomic mass is 10.1. The Labute approximate surface area is 96.2 Å². The van der Waals surface area contributed by atoms with Crippen molar-refractivity contribution in [2.75, 3.05) is 6.26 Å². The first kappa shape index (κ1) is 10.6.